The summed E-state index contributed by atoms with van der Waals surface area (Å²) in [5.41, 5.74) is -7.78. The zero-order valence-electron chi connectivity index (χ0n) is 10.3. The zero-order chi connectivity index (χ0) is 13.3. The Morgan fingerprint density at radius 2 is 0.944 bits per heavy atom. The summed E-state index contributed by atoms with van der Waals surface area (Å²) >= 11 is 0. The first kappa shape index (κ1) is 23.3. The Morgan fingerprint density at radius 3 is 1.00 bits per heavy atom. The molecule has 0 rings (SSSR count). The number of Topliss-reactive ketones (excluding diaryl/α,β-unsaturated/α-hetero) is 2. The molecule has 8 nitrogen and oxygen atoms in total. The van der Waals surface area contributed by atoms with Gasteiger partial charge < -0.3 is 30.0 Å². The van der Waals surface area contributed by atoms with Crippen LogP contribution in [0.2, 0.25) is 0 Å². The molecule has 0 radical (unpaired) electrons. The average molecular weight is 278 g/mol. The van der Waals surface area contributed by atoms with Crippen molar-refractivity contribution in [1.29, 1.82) is 0 Å². The van der Waals surface area contributed by atoms with Gasteiger partial charge in [-0.05, 0) is 13.8 Å². The van der Waals surface area contributed by atoms with E-state index in [1.807, 2.05) is 0 Å². The molecule has 0 aromatic carbocycles. The van der Waals surface area contributed by atoms with Crippen LogP contribution in [0, 0.1) is 0 Å². The molecule has 0 aliphatic carbocycles. The molecule has 0 aliphatic heterocycles. The Kier molecular flexibility index (Phi) is 9.98. The second-order valence-electron chi connectivity index (χ2n) is 3.11. The maximum Gasteiger partial charge on any atom is 1.00 e. The normalized spacial score (nSPS) is 16.0. The van der Waals surface area contributed by atoms with Crippen LogP contribution in [0.15, 0.2) is 0 Å². The molecule has 0 spiro atoms. The number of carboxylic acid groups (broad SMARTS) is 2. The van der Waals surface area contributed by atoms with Crippen molar-refractivity contribution in [3.63, 3.8) is 0 Å². The van der Waals surface area contributed by atoms with Crippen LogP contribution >= 0.6 is 0 Å². The maximum absolute atomic E-state index is 10.9. The molecule has 0 bridgehead atoms. The molecule has 0 aromatic rings. The van der Waals surface area contributed by atoms with Gasteiger partial charge in [-0.25, -0.2) is 0 Å². The molecule has 18 heavy (non-hydrogen) atoms. The van der Waals surface area contributed by atoms with Gasteiger partial charge in [-0.3, -0.25) is 9.59 Å². The summed E-state index contributed by atoms with van der Waals surface area (Å²) in [5, 5.41) is 39.7. The third kappa shape index (κ3) is 3.40. The Labute approximate surface area is 146 Å². The Balaban J connectivity index is -0.00000112. The summed E-state index contributed by atoms with van der Waals surface area (Å²) in [6.07, 6.45) is 0. The van der Waals surface area contributed by atoms with Gasteiger partial charge in [0, 0.05) is 0 Å². The number of hydrogen-bond donors (Lipinski definition) is 2. The van der Waals surface area contributed by atoms with Gasteiger partial charge in [-0.2, -0.15) is 0 Å². The zero-order valence-corrected chi connectivity index (χ0v) is 14.3. The van der Waals surface area contributed by atoms with Crippen molar-refractivity contribution >= 4 is 23.5 Å². The largest absolute Gasteiger partial charge is 1.00 e. The van der Waals surface area contributed by atoms with E-state index in [0.717, 1.165) is 0 Å². The molecule has 2 atom stereocenters. The molecular weight excluding hydrogens is 270 g/mol. The Morgan fingerprint density at radius 1 is 0.778 bits per heavy atom. The van der Waals surface area contributed by atoms with Crippen LogP contribution in [0.25, 0.3) is 0 Å². The van der Waals surface area contributed by atoms with Crippen molar-refractivity contribution in [2.45, 2.75) is 25.0 Å². The topological polar surface area (TPSA) is 155 Å². The number of ketones is 2. The van der Waals surface area contributed by atoms with Crippen molar-refractivity contribution in [3.05, 3.63) is 0 Å². The molecular formula is C8H8Na2O8. The van der Waals surface area contributed by atoms with Crippen LogP contribution in [-0.4, -0.2) is 44.9 Å². The van der Waals surface area contributed by atoms with E-state index in [0.29, 0.717) is 13.8 Å². The van der Waals surface area contributed by atoms with Crippen molar-refractivity contribution < 1.29 is 98.7 Å². The van der Waals surface area contributed by atoms with Gasteiger partial charge in [0.1, 0.15) is 0 Å². The molecule has 0 saturated heterocycles. The summed E-state index contributed by atoms with van der Waals surface area (Å²) in [6, 6.07) is 0. The standard InChI is InChI=1S/C8H10O8.2Na/c1-3(9)7(15,5(11)12)8(16,4(2)10)6(13)14;;/h15-16H,1-2H3,(H,11,12)(H,13,14);;/q;2*+1/p-2. The van der Waals surface area contributed by atoms with Crippen molar-refractivity contribution in [3.8, 4) is 0 Å². The minimum atomic E-state index is -3.89. The van der Waals surface area contributed by atoms with E-state index in [2.05, 4.69) is 0 Å². The van der Waals surface area contributed by atoms with E-state index < -0.39 is 34.7 Å². The summed E-state index contributed by atoms with van der Waals surface area (Å²) in [7, 11) is 0. The van der Waals surface area contributed by atoms with Gasteiger partial charge in [-0.15, -0.1) is 0 Å². The van der Waals surface area contributed by atoms with Gasteiger partial charge in [0.05, 0.1) is 11.9 Å². The summed E-state index contributed by atoms with van der Waals surface area (Å²) < 4.78 is 0. The third-order valence-corrected chi connectivity index (χ3v) is 2.13. The first-order chi connectivity index (χ1) is 7.02. The van der Waals surface area contributed by atoms with Crippen LogP contribution in [0.1, 0.15) is 13.8 Å². The predicted octanol–water partition coefficient (Wildman–Crippen LogP) is -10.9. The van der Waals surface area contributed by atoms with Crippen LogP contribution in [0.4, 0.5) is 0 Å². The number of carboxylic acids is 2. The first-order valence-electron chi connectivity index (χ1n) is 3.92. The van der Waals surface area contributed by atoms with Crippen LogP contribution in [-0.2, 0) is 19.2 Å². The van der Waals surface area contributed by atoms with Crippen LogP contribution in [0.5, 0.6) is 0 Å². The quantitative estimate of drug-likeness (QED) is 0.371. The second kappa shape index (κ2) is 7.71. The summed E-state index contributed by atoms with van der Waals surface area (Å²) in [4.78, 5) is 42.8. The average Bonchev–Trinajstić information content (AvgIpc) is 2.13. The van der Waals surface area contributed by atoms with E-state index in [9.17, 15) is 39.6 Å². The number of carbonyl (C=O) groups excluding carboxylic acids is 4. The number of hydrogen-bond acceptors (Lipinski definition) is 8. The number of rotatable bonds is 5. The summed E-state index contributed by atoms with van der Waals surface area (Å²) in [5.74, 6) is -8.56. The molecule has 0 fully saturated rings. The van der Waals surface area contributed by atoms with Crippen LogP contribution < -0.4 is 69.3 Å². The Hall–Kier alpha value is 0.200. The number of aliphatic carboxylic acids is 2. The number of carbonyl (C=O) groups is 4. The van der Waals surface area contributed by atoms with Gasteiger partial charge in [0.15, 0.2) is 11.6 Å². The van der Waals surface area contributed by atoms with Crippen molar-refractivity contribution in [2.24, 2.45) is 0 Å². The fraction of sp³-hybridized carbons (Fsp3) is 0.500. The monoisotopic (exact) mass is 278 g/mol. The first-order valence-corrected chi connectivity index (χ1v) is 3.92. The molecule has 0 heterocycles. The van der Waals surface area contributed by atoms with E-state index in [4.69, 9.17) is 0 Å². The maximum atomic E-state index is 10.9. The van der Waals surface area contributed by atoms with Crippen molar-refractivity contribution in [2.75, 3.05) is 0 Å². The third-order valence-electron chi connectivity index (χ3n) is 2.13. The molecule has 0 aromatic heterocycles. The van der Waals surface area contributed by atoms with E-state index >= 15 is 0 Å². The van der Waals surface area contributed by atoms with Gasteiger partial charge >= 0.3 is 59.1 Å². The second-order valence-corrected chi connectivity index (χ2v) is 3.11. The fourth-order valence-electron chi connectivity index (χ4n) is 1.09. The minimum absolute atomic E-state index is 0. The minimum Gasteiger partial charge on any atom is -0.546 e. The molecule has 0 amide bonds. The van der Waals surface area contributed by atoms with Crippen LogP contribution in [0.3, 0.4) is 0 Å². The smallest absolute Gasteiger partial charge is 0.546 e. The molecule has 2 N–H and O–H groups in total. The molecule has 90 valence electrons. The van der Waals surface area contributed by atoms with E-state index in [1.165, 1.54) is 0 Å². The van der Waals surface area contributed by atoms with E-state index in [1.54, 1.807) is 0 Å². The van der Waals surface area contributed by atoms with E-state index in [-0.39, 0.29) is 59.1 Å². The Bertz CT molecular complexity index is 313. The molecule has 0 saturated carbocycles. The van der Waals surface area contributed by atoms with Crippen molar-refractivity contribution in [1.82, 2.24) is 0 Å². The fourth-order valence-corrected chi connectivity index (χ4v) is 1.09. The van der Waals surface area contributed by atoms with Gasteiger partial charge in [0.25, 0.3) is 0 Å². The number of aliphatic hydroxyl groups is 2. The summed E-state index contributed by atoms with van der Waals surface area (Å²) in [6.45, 7) is 0.958. The molecule has 2 unspecified atom stereocenters. The predicted molar refractivity (Wildman–Crippen MR) is 41.3 cm³/mol. The van der Waals surface area contributed by atoms with Gasteiger partial charge in [0.2, 0.25) is 11.2 Å². The van der Waals surface area contributed by atoms with Gasteiger partial charge in [-0.1, -0.05) is 0 Å². The SMILES string of the molecule is CC(=O)C(O)(C(=O)[O-])C(O)(C(C)=O)C(=O)[O-].[Na+].[Na+]. The molecule has 10 heteroatoms. The molecule has 0 aliphatic rings.